The molecule has 0 aromatic carbocycles. The Balaban J connectivity index is 2.33. The van der Waals surface area contributed by atoms with E-state index in [-0.39, 0.29) is 25.6 Å². The normalized spacial score (nSPS) is 18.2. The van der Waals surface area contributed by atoms with E-state index in [0.29, 0.717) is 17.8 Å². The maximum Gasteiger partial charge on any atom is 0.407 e. The molecule has 0 saturated heterocycles. The van der Waals surface area contributed by atoms with E-state index in [9.17, 15) is 24.8 Å². The number of esters is 1. The number of rotatable bonds is 5. The predicted molar refractivity (Wildman–Crippen MR) is 76.5 cm³/mol. The molecule has 2 heterocycles. The predicted octanol–water partition coefficient (Wildman–Crippen LogP) is 0.689. The highest BCUT2D eigenvalue weighted by atomic mass is 16.6. The molecule has 0 saturated carbocycles. The fourth-order valence-electron chi connectivity index (χ4n) is 2.75. The standard InChI is InChI=1S/C13H18N4O6/c1-8-6-16-11(7-15(8)13(19)20)10(5-14-16)9(12(18)23-2)3-4-17(21)22/h5,8-9H,3-4,6-7H2,1-2H3,(H,19,20)/t8-,9?/m0/s1. The van der Waals surface area contributed by atoms with E-state index in [4.69, 9.17) is 4.74 Å². The highest BCUT2D eigenvalue weighted by Crippen LogP contribution is 2.29. The van der Waals surface area contributed by atoms with Crippen molar-refractivity contribution in [2.75, 3.05) is 13.7 Å². The topological polar surface area (TPSA) is 128 Å². The minimum atomic E-state index is -1.06. The fraction of sp³-hybridized carbons (Fsp3) is 0.615. The van der Waals surface area contributed by atoms with Crippen molar-refractivity contribution in [2.45, 2.75) is 38.4 Å². The quantitative estimate of drug-likeness (QED) is 0.479. The van der Waals surface area contributed by atoms with Crippen molar-refractivity contribution in [1.82, 2.24) is 14.7 Å². The molecule has 0 aliphatic carbocycles. The van der Waals surface area contributed by atoms with Crippen LogP contribution >= 0.6 is 0 Å². The molecular formula is C13H18N4O6. The van der Waals surface area contributed by atoms with Gasteiger partial charge in [0.1, 0.15) is 0 Å². The Bertz CT molecular complexity index is 628. The van der Waals surface area contributed by atoms with Gasteiger partial charge in [-0.05, 0) is 6.92 Å². The number of nitrogens with zero attached hydrogens (tertiary/aromatic N) is 4. The number of carboxylic acid groups (broad SMARTS) is 1. The summed E-state index contributed by atoms with van der Waals surface area (Å²) in [6.45, 7) is 1.83. The minimum absolute atomic E-state index is 0.0268. The van der Waals surface area contributed by atoms with Gasteiger partial charge in [-0.1, -0.05) is 0 Å². The summed E-state index contributed by atoms with van der Waals surface area (Å²) < 4.78 is 6.37. The number of nitro groups is 1. The van der Waals surface area contributed by atoms with Crippen LogP contribution in [0.3, 0.4) is 0 Å². The lowest BCUT2D eigenvalue weighted by Gasteiger charge is -2.32. The lowest BCUT2D eigenvalue weighted by atomic mass is 9.95. The van der Waals surface area contributed by atoms with Crippen molar-refractivity contribution in [3.05, 3.63) is 27.6 Å². The van der Waals surface area contributed by atoms with Crippen LogP contribution in [0, 0.1) is 10.1 Å². The Morgan fingerprint density at radius 3 is 2.87 bits per heavy atom. The van der Waals surface area contributed by atoms with Crippen LogP contribution in [0.5, 0.6) is 0 Å². The molecule has 0 radical (unpaired) electrons. The van der Waals surface area contributed by atoms with Gasteiger partial charge >= 0.3 is 12.1 Å². The molecule has 10 nitrogen and oxygen atoms in total. The molecule has 1 aromatic rings. The zero-order chi connectivity index (χ0) is 17.1. The molecule has 0 spiro atoms. The number of aromatic nitrogens is 2. The van der Waals surface area contributed by atoms with Gasteiger partial charge in [0, 0.05) is 16.9 Å². The summed E-state index contributed by atoms with van der Waals surface area (Å²) in [6, 6.07) is -0.247. The van der Waals surface area contributed by atoms with Crippen molar-refractivity contribution in [1.29, 1.82) is 0 Å². The molecular weight excluding hydrogens is 308 g/mol. The van der Waals surface area contributed by atoms with Gasteiger partial charge in [-0.15, -0.1) is 0 Å². The summed E-state index contributed by atoms with van der Waals surface area (Å²) in [5.41, 5.74) is 1.06. The van der Waals surface area contributed by atoms with Crippen molar-refractivity contribution in [3.63, 3.8) is 0 Å². The van der Waals surface area contributed by atoms with Gasteiger partial charge in [0.15, 0.2) is 0 Å². The van der Waals surface area contributed by atoms with Crippen molar-refractivity contribution >= 4 is 12.1 Å². The molecule has 1 N–H and O–H groups in total. The molecule has 1 aliphatic rings. The Labute approximate surface area is 131 Å². The zero-order valence-electron chi connectivity index (χ0n) is 12.8. The second-order valence-electron chi connectivity index (χ2n) is 5.41. The summed E-state index contributed by atoms with van der Waals surface area (Å²) in [5, 5.41) is 24.0. The number of methoxy groups -OCH3 is 1. The molecule has 1 aromatic heterocycles. The summed E-state index contributed by atoms with van der Waals surface area (Å²) in [5.74, 6) is -1.43. The number of ether oxygens (including phenoxy) is 1. The van der Waals surface area contributed by atoms with Crippen LogP contribution < -0.4 is 0 Å². The molecule has 0 fully saturated rings. The Morgan fingerprint density at radius 1 is 1.61 bits per heavy atom. The molecule has 23 heavy (non-hydrogen) atoms. The summed E-state index contributed by atoms with van der Waals surface area (Å²) in [4.78, 5) is 34.6. The monoisotopic (exact) mass is 326 g/mol. The van der Waals surface area contributed by atoms with Crippen LogP contribution in [0.15, 0.2) is 6.20 Å². The second-order valence-corrected chi connectivity index (χ2v) is 5.41. The van der Waals surface area contributed by atoms with E-state index in [0.717, 1.165) is 0 Å². The van der Waals surface area contributed by atoms with E-state index >= 15 is 0 Å². The van der Waals surface area contributed by atoms with Crippen LogP contribution in [0.2, 0.25) is 0 Å². The van der Waals surface area contributed by atoms with Gasteiger partial charge in [0.25, 0.3) is 0 Å². The number of fused-ring (bicyclic) bond motifs is 1. The zero-order valence-corrected chi connectivity index (χ0v) is 12.8. The lowest BCUT2D eigenvalue weighted by Crippen LogP contribution is -2.44. The number of amides is 1. The number of hydrogen-bond acceptors (Lipinski definition) is 6. The second kappa shape index (κ2) is 6.63. The summed E-state index contributed by atoms with van der Waals surface area (Å²) in [7, 11) is 1.21. The minimum Gasteiger partial charge on any atom is -0.469 e. The average molecular weight is 326 g/mol. The largest absolute Gasteiger partial charge is 0.469 e. The van der Waals surface area contributed by atoms with Gasteiger partial charge in [-0.2, -0.15) is 5.10 Å². The molecule has 2 atom stereocenters. The van der Waals surface area contributed by atoms with Crippen LogP contribution in [-0.4, -0.2) is 56.5 Å². The van der Waals surface area contributed by atoms with Gasteiger partial charge in [0.05, 0.1) is 44.0 Å². The van der Waals surface area contributed by atoms with Crippen LogP contribution in [0.25, 0.3) is 0 Å². The molecule has 1 unspecified atom stereocenters. The third kappa shape index (κ3) is 3.41. The summed E-state index contributed by atoms with van der Waals surface area (Å²) in [6.07, 6.45) is 0.381. The van der Waals surface area contributed by atoms with Gasteiger partial charge in [0.2, 0.25) is 6.54 Å². The van der Waals surface area contributed by atoms with E-state index in [1.54, 1.807) is 11.6 Å². The molecule has 126 valence electrons. The first-order valence-corrected chi connectivity index (χ1v) is 7.09. The van der Waals surface area contributed by atoms with Gasteiger partial charge < -0.3 is 9.84 Å². The van der Waals surface area contributed by atoms with Crippen LogP contribution in [-0.2, 0) is 22.6 Å². The van der Waals surface area contributed by atoms with Crippen LogP contribution in [0.1, 0.15) is 30.5 Å². The highest BCUT2D eigenvalue weighted by molar-refractivity contribution is 5.78. The molecule has 0 bridgehead atoms. The lowest BCUT2D eigenvalue weighted by molar-refractivity contribution is -0.480. The smallest absolute Gasteiger partial charge is 0.407 e. The van der Waals surface area contributed by atoms with E-state index in [1.807, 2.05) is 0 Å². The fourth-order valence-corrected chi connectivity index (χ4v) is 2.75. The number of carbonyl (C=O) groups excluding carboxylic acids is 1. The first-order valence-electron chi connectivity index (χ1n) is 7.09. The molecule has 2 rings (SSSR count). The Hall–Kier alpha value is -2.65. The summed E-state index contributed by atoms with van der Waals surface area (Å²) >= 11 is 0. The SMILES string of the molecule is COC(=O)C(CC[N+](=O)[O-])c1cnn2c1CN(C(=O)O)[C@@H](C)C2. The third-order valence-electron chi connectivity index (χ3n) is 3.98. The average Bonchev–Trinajstić information content (AvgIpc) is 2.88. The Morgan fingerprint density at radius 2 is 2.30 bits per heavy atom. The van der Waals surface area contributed by atoms with E-state index < -0.39 is 22.9 Å². The van der Waals surface area contributed by atoms with Gasteiger partial charge in [-0.25, -0.2) is 4.79 Å². The van der Waals surface area contributed by atoms with Crippen molar-refractivity contribution < 1.29 is 24.4 Å². The maximum absolute atomic E-state index is 12.0. The molecule has 1 amide bonds. The van der Waals surface area contributed by atoms with Crippen LogP contribution in [0.4, 0.5) is 4.79 Å². The molecule has 10 heteroatoms. The van der Waals surface area contributed by atoms with Crippen molar-refractivity contribution in [3.8, 4) is 0 Å². The first kappa shape index (κ1) is 16.7. The first-order chi connectivity index (χ1) is 10.8. The highest BCUT2D eigenvalue weighted by Gasteiger charge is 2.34. The third-order valence-corrected chi connectivity index (χ3v) is 3.98. The van der Waals surface area contributed by atoms with E-state index in [1.165, 1.54) is 18.2 Å². The Kier molecular flexibility index (Phi) is 4.82. The molecule has 1 aliphatic heterocycles. The number of carbonyl (C=O) groups is 2. The van der Waals surface area contributed by atoms with E-state index in [2.05, 4.69) is 5.10 Å². The number of hydrogen-bond donors (Lipinski definition) is 1. The van der Waals surface area contributed by atoms with Crippen molar-refractivity contribution in [2.24, 2.45) is 0 Å². The van der Waals surface area contributed by atoms with Gasteiger partial charge in [-0.3, -0.25) is 24.5 Å². The maximum atomic E-state index is 12.0.